The quantitative estimate of drug-likeness (QED) is 0.720. The Balaban J connectivity index is 2.17. The molecule has 3 heteroatoms. The molecule has 1 aromatic carbocycles. The fourth-order valence-corrected chi connectivity index (χ4v) is 3.27. The van der Waals surface area contributed by atoms with Crippen LogP contribution in [0.3, 0.4) is 0 Å². The Morgan fingerprint density at radius 3 is 2.61 bits per heavy atom. The number of hydrogen-bond donors (Lipinski definition) is 3. The maximum atomic E-state index is 9.92. The van der Waals surface area contributed by atoms with Crippen molar-refractivity contribution in [2.75, 3.05) is 0 Å². The minimum Gasteiger partial charge on any atom is -0.506 e. The number of H-pyrrole nitrogens is 1. The van der Waals surface area contributed by atoms with Crippen molar-refractivity contribution in [3.05, 3.63) is 29.5 Å². The lowest BCUT2D eigenvalue weighted by Crippen LogP contribution is -2.39. The zero-order valence-electron chi connectivity index (χ0n) is 10.8. The third kappa shape index (κ3) is 1.62. The van der Waals surface area contributed by atoms with Gasteiger partial charge in [-0.1, -0.05) is 31.4 Å². The van der Waals surface area contributed by atoms with Crippen molar-refractivity contribution in [1.29, 1.82) is 0 Å². The van der Waals surface area contributed by atoms with E-state index in [-0.39, 0.29) is 5.54 Å². The number of phenolic OH excluding ortho intramolecular Hbond substituents is 1. The molecule has 1 saturated carbocycles. The molecule has 0 saturated heterocycles. The van der Waals surface area contributed by atoms with Crippen molar-refractivity contribution in [3.8, 4) is 5.75 Å². The van der Waals surface area contributed by atoms with E-state index in [1.54, 1.807) is 6.07 Å². The fourth-order valence-electron chi connectivity index (χ4n) is 3.27. The smallest absolute Gasteiger partial charge is 0.139 e. The average molecular weight is 244 g/mol. The highest BCUT2D eigenvalue weighted by Crippen LogP contribution is 2.39. The molecule has 1 aromatic heterocycles. The van der Waals surface area contributed by atoms with Gasteiger partial charge in [0.2, 0.25) is 0 Å². The Bertz CT molecular complexity index is 579. The van der Waals surface area contributed by atoms with Gasteiger partial charge >= 0.3 is 0 Å². The number of aryl methyl sites for hydroxylation is 1. The van der Waals surface area contributed by atoms with Crippen molar-refractivity contribution in [1.82, 2.24) is 4.98 Å². The minimum atomic E-state index is -0.242. The summed E-state index contributed by atoms with van der Waals surface area (Å²) >= 11 is 0. The number of rotatable bonds is 1. The number of benzene rings is 1. The van der Waals surface area contributed by atoms with E-state index in [0.717, 1.165) is 29.4 Å². The lowest BCUT2D eigenvalue weighted by Gasteiger charge is -2.33. The largest absolute Gasteiger partial charge is 0.506 e. The summed E-state index contributed by atoms with van der Waals surface area (Å²) in [5.41, 5.74) is 9.46. The first kappa shape index (κ1) is 11.6. The van der Waals surface area contributed by atoms with Gasteiger partial charge in [-0.05, 0) is 31.4 Å². The van der Waals surface area contributed by atoms with E-state index in [1.165, 1.54) is 24.8 Å². The van der Waals surface area contributed by atoms with Crippen molar-refractivity contribution in [2.45, 2.75) is 44.6 Å². The summed E-state index contributed by atoms with van der Waals surface area (Å²) in [6, 6.07) is 5.63. The molecular formula is C15H20N2O. The molecule has 0 bridgehead atoms. The molecule has 18 heavy (non-hydrogen) atoms. The van der Waals surface area contributed by atoms with Gasteiger partial charge in [0.1, 0.15) is 5.75 Å². The van der Waals surface area contributed by atoms with Crippen LogP contribution in [0.2, 0.25) is 0 Å². The fraction of sp³-hybridized carbons (Fsp3) is 0.467. The molecular weight excluding hydrogens is 224 g/mol. The molecule has 0 aliphatic heterocycles. The molecule has 0 atom stereocenters. The summed E-state index contributed by atoms with van der Waals surface area (Å²) in [4.78, 5) is 3.37. The number of phenols is 1. The highest BCUT2D eigenvalue weighted by atomic mass is 16.3. The predicted molar refractivity (Wildman–Crippen MR) is 73.7 cm³/mol. The third-order valence-electron chi connectivity index (χ3n) is 4.32. The van der Waals surface area contributed by atoms with Gasteiger partial charge < -0.3 is 15.8 Å². The number of nitrogens with two attached hydrogens (primary N) is 1. The van der Waals surface area contributed by atoms with E-state index in [0.29, 0.717) is 5.75 Å². The second-order valence-electron chi connectivity index (χ2n) is 5.54. The van der Waals surface area contributed by atoms with Crippen molar-refractivity contribution >= 4 is 10.9 Å². The van der Waals surface area contributed by atoms with Crippen molar-refractivity contribution < 1.29 is 5.11 Å². The second-order valence-corrected chi connectivity index (χ2v) is 5.54. The van der Waals surface area contributed by atoms with Crippen molar-refractivity contribution in [2.24, 2.45) is 5.73 Å². The Morgan fingerprint density at radius 1 is 1.22 bits per heavy atom. The van der Waals surface area contributed by atoms with Gasteiger partial charge in [0, 0.05) is 11.1 Å². The van der Waals surface area contributed by atoms with Crippen LogP contribution in [-0.4, -0.2) is 10.1 Å². The first-order valence-electron chi connectivity index (χ1n) is 6.71. The first-order valence-corrected chi connectivity index (χ1v) is 6.71. The zero-order valence-corrected chi connectivity index (χ0v) is 10.8. The van der Waals surface area contributed by atoms with E-state index in [1.807, 2.05) is 12.1 Å². The zero-order chi connectivity index (χ0) is 12.8. The molecule has 0 unspecified atom stereocenters. The highest BCUT2D eigenvalue weighted by Gasteiger charge is 2.33. The number of aromatic hydroxyl groups is 1. The van der Waals surface area contributed by atoms with Crippen LogP contribution in [0.15, 0.2) is 18.2 Å². The maximum Gasteiger partial charge on any atom is 0.139 e. The van der Waals surface area contributed by atoms with Gasteiger partial charge in [0.25, 0.3) is 0 Å². The summed E-state index contributed by atoms with van der Waals surface area (Å²) < 4.78 is 0. The standard InChI is InChI=1S/C15H20N2O/c1-10-11-6-5-7-12(18)13(11)17-14(10)15(16)8-3-2-4-9-15/h5-7,17-18H,2-4,8-9,16H2,1H3. The average Bonchev–Trinajstić information content (AvgIpc) is 2.70. The van der Waals surface area contributed by atoms with Crippen LogP contribution in [0, 0.1) is 6.92 Å². The summed E-state index contributed by atoms with van der Waals surface area (Å²) in [6.07, 6.45) is 5.72. The Labute approximate surface area is 107 Å². The van der Waals surface area contributed by atoms with Crippen LogP contribution in [0.5, 0.6) is 5.75 Å². The lowest BCUT2D eigenvalue weighted by molar-refractivity contribution is 0.295. The molecule has 1 aliphatic rings. The van der Waals surface area contributed by atoms with Gasteiger partial charge in [-0.15, -0.1) is 0 Å². The first-order chi connectivity index (χ1) is 8.62. The van der Waals surface area contributed by atoms with Crippen LogP contribution >= 0.6 is 0 Å². The molecule has 0 radical (unpaired) electrons. The van der Waals surface area contributed by atoms with E-state index in [9.17, 15) is 5.11 Å². The monoisotopic (exact) mass is 244 g/mol. The molecule has 2 aromatic rings. The van der Waals surface area contributed by atoms with Crippen LogP contribution in [-0.2, 0) is 5.54 Å². The van der Waals surface area contributed by atoms with Crippen molar-refractivity contribution in [3.63, 3.8) is 0 Å². The molecule has 1 fully saturated rings. The van der Waals surface area contributed by atoms with Gasteiger partial charge in [-0.2, -0.15) is 0 Å². The number of hydrogen-bond acceptors (Lipinski definition) is 2. The van der Waals surface area contributed by atoms with Crippen LogP contribution in [0.4, 0.5) is 0 Å². The third-order valence-corrected chi connectivity index (χ3v) is 4.32. The molecule has 0 spiro atoms. The van der Waals surface area contributed by atoms with Crippen LogP contribution in [0.25, 0.3) is 10.9 Å². The number of para-hydroxylation sites is 1. The van der Waals surface area contributed by atoms with E-state index < -0.39 is 0 Å². The Hall–Kier alpha value is -1.48. The molecule has 4 N–H and O–H groups in total. The molecule has 96 valence electrons. The van der Waals surface area contributed by atoms with Gasteiger partial charge in [-0.25, -0.2) is 0 Å². The van der Waals surface area contributed by atoms with E-state index in [2.05, 4.69) is 11.9 Å². The number of fused-ring (bicyclic) bond motifs is 1. The molecule has 3 rings (SSSR count). The van der Waals surface area contributed by atoms with Crippen LogP contribution < -0.4 is 5.73 Å². The normalized spacial score (nSPS) is 19.2. The molecule has 1 aliphatic carbocycles. The topological polar surface area (TPSA) is 62.0 Å². The van der Waals surface area contributed by atoms with Gasteiger partial charge in [0.05, 0.1) is 11.1 Å². The number of aromatic nitrogens is 1. The number of aromatic amines is 1. The molecule has 0 amide bonds. The summed E-state index contributed by atoms with van der Waals surface area (Å²) in [5.74, 6) is 0.307. The minimum absolute atomic E-state index is 0.242. The summed E-state index contributed by atoms with van der Waals surface area (Å²) in [7, 11) is 0. The Kier molecular flexibility index (Phi) is 2.59. The lowest BCUT2D eigenvalue weighted by atomic mass is 9.79. The van der Waals surface area contributed by atoms with Gasteiger partial charge in [-0.3, -0.25) is 0 Å². The second kappa shape index (κ2) is 4.02. The van der Waals surface area contributed by atoms with Gasteiger partial charge in [0.15, 0.2) is 0 Å². The van der Waals surface area contributed by atoms with E-state index >= 15 is 0 Å². The summed E-state index contributed by atoms with van der Waals surface area (Å²) in [6.45, 7) is 2.09. The number of nitrogens with one attached hydrogen (secondary N) is 1. The highest BCUT2D eigenvalue weighted by molar-refractivity contribution is 5.89. The van der Waals surface area contributed by atoms with E-state index in [4.69, 9.17) is 5.73 Å². The SMILES string of the molecule is Cc1c(C2(N)CCCCC2)[nH]c2c(O)cccc12. The predicted octanol–water partition coefficient (Wildman–Crippen LogP) is 3.30. The Morgan fingerprint density at radius 2 is 1.94 bits per heavy atom. The summed E-state index contributed by atoms with van der Waals surface area (Å²) in [5, 5.41) is 11.0. The van der Waals surface area contributed by atoms with Crippen LogP contribution in [0.1, 0.15) is 43.4 Å². The molecule has 1 heterocycles. The maximum absolute atomic E-state index is 9.92. The molecule has 3 nitrogen and oxygen atoms in total.